The van der Waals surface area contributed by atoms with Crippen molar-refractivity contribution in [3.8, 4) is 33.4 Å². The Morgan fingerprint density at radius 2 is 1.24 bits per heavy atom. The summed E-state index contributed by atoms with van der Waals surface area (Å²) < 4.78 is 12.1. The average Bonchev–Trinajstić information content (AvgIpc) is 2.72. The average molecular weight is 398 g/mol. The van der Waals surface area contributed by atoms with Gasteiger partial charge in [0, 0.05) is 23.0 Å². The van der Waals surface area contributed by atoms with E-state index in [0.29, 0.717) is 16.7 Å². The van der Waals surface area contributed by atoms with Gasteiger partial charge < -0.3 is 17.2 Å². The van der Waals surface area contributed by atoms with Crippen molar-refractivity contribution < 1.29 is 10.3 Å². The molecule has 0 amide bonds. The van der Waals surface area contributed by atoms with Gasteiger partial charge in [0.2, 0.25) is 0 Å². The summed E-state index contributed by atoms with van der Waals surface area (Å²) in [7, 11) is -0.0556. The van der Waals surface area contributed by atoms with Gasteiger partial charge in [0.1, 0.15) is 5.69 Å². The molecule has 0 atom stereocenters. The first-order valence-electron chi connectivity index (χ1n) is 9.21. The summed E-state index contributed by atoms with van der Waals surface area (Å²) in [6.45, 7) is 0. The van der Waals surface area contributed by atoms with Crippen molar-refractivity contribution in [1.29, 1.82) is 0 Å². The fraction of sp³-hybridized carbons (Fsp3) is 0. The molecule has 4 nitrogen and oxygen atoms in total. The summed E-state index contributed by atoms with van der Waals surface area (Å²) in [5, 5.41) is 0.697. The fourth-order valence-electron chi connectivity index (χ4n) is 3.63. The number of benzene rings is 4. The van der Waals surface area contributed by atoms with Crippen LogP contribution in [0.25, 0.3) is 33.4 Å². The van der Waals surface area contributed by atoms with E-state index >= 15 is 0 Å². The summed E-state index contributed by atoms with van der Waals surface area (Å²) in [5.41, 5.74) is 24.2. The van der Waals surface area contributed by atoms with E-state index in [1.807, 2.05) is 78.9 Å². The molecule has 4 aromatic rings. The van der Waals surface area contributed by atoms with Crippen LogP contribution in [0.1, 0.15) is 0 Å². The van der Waals surface area contributed by atoms with Crippen LogP contribution in [-0.4, -0.2) is 0 Å². The molecule has 0 aliphatic heterocycles. The van der Waals surface area contributed by atoms with E-state index in [9.17, 15) is 4.57 Å². The van der Waals surface area contributed by atoms with Gasteiger partial charge >= 0.3 is 0 Å². The number of rotatable bonds is 4. The summed E-state index contributed by atoms with van der Waals surface area (Å²) in [5.74, 6) is 0. The molecule has 142 valence electrons. The van der Waals surface area contributed by atoms with Gasteiger partial charge in [0.15, 0.2) is 8.46 Å². The lowest BCUT2D eigenvalue weighted by molar-refractivity contribution is -0.254. The van der Waals surface area contributed by atoms with Gasteiger partial charge in [-0.25, -0.2) is 0 Å². The number of anilines is 2. The van der Waals surface area contributed by atoms with Gasteiger partial charge in [0.25, 0.3) is 0 Å². The maximum absolute atomic E-state index is 12.1. The topological polar surface area (TPSA) is 96.8 Å². The van der Waals surface area contributed by atoms with Crippen molar-refractivity contribution >= 4 is 30.8 Å². The SMILES string of the molecule is Nc1cccc(-c2c(P=O)ccc(-c3cccc([NH3+])c3)c2-c2cccc(N)c2)c1. The highest BCUT2D eigenvalue weighted by atomic mass is 31.1. The predicted molar refractivity (Wildman–Crippen MR) is 121 cm³/mol. The van der Waals surface area contributed by atoms with Crippen LogP contribution in [-0.2, 0) is 4.57 Å². The van der Waals surface area contributed by atoms with Crippen molar-refractivity contribution in [2.45, 2.75) is 0 Å². The van der Waals surface area contributed by atoms with Crippen LogP contribution in [0.4, 0.5) is 17.1 Å². The standard InChI is InChI=1S/C24H20N3OP/c25-18-7-1-4-15(12-18)21-10-11-22(29-28)24(17-6-3-9-20(27)14-17)23(21)16-5-2-8-19(26)13-16/h1-14H,25-27H2/p+1. The predicted octanol–water partition coefficient (Wildman–Crippen LogP) is 4.64. The second-order valence-electron chi connectivity index (χ2n) is 6.92. The molecule has 0 bridgehead atoms. The normalized spacial score (nSPS) is 10.9. The van der Waals surface area contributed by atoms with Crippen LogP contribution in [0.3, 0.4) is 0 Å². The highest BCUT2D eigenvalue weighted by Gasteiger charge is 2.19. The van der Waals surface area contributed by atoms with Crippen molar-refractivity contribution in [1.82, 2.24) is 0 Å². The van der Waals surface area contributed by atoms with E-state index in [-0.39, 0.29) is 8.46 Å². The Morgan fingerprint density at radius 1 is 0.655 bits per heavy atom. The first-order valence-corrected chi connectivity index (χ1v) is 10.0. The van der Waals surface area contributed by atoms with Crippen molar-refractivity contribution in [3.05, 3.63) is 84.9 Å². The summed E-state index contributed by atoms with van der Waals surface area (Å²) in [4.78, 5) is 0. The zero-order valence-corrected chi connectivity index (χ0v) is 16.7. The van der Waals surface area contributed by atoms with Crippen molar-refractivity contribution in [2.75, 3.05) is 11.5 Å². The molecular weight excluding hydrogens is 377 g/mol. The molecule has 7 N–H and O–H groups in total. The lowest BCUT2D eigenvalue weighted by Crippen LogP contribution is -2.39. The third-order valence-corrected chi connectivity index (χ3v) is 5.44. The summed E-state index contributed by atoms with van der Waals surface area (Å²) in [6, 6.07) is 27.3. The van der Waals surface area contributed by atoms with Crippen LogP contribution in [0, 0.1) is 0 Å². The van der Waals surface area contributed by atoms with E-state index in [1.54, 1.807) is 0 Å². The second kappa shape index (κ2) is 7.88. The van der Waals surface area contributed by atoms with Crippen LogP contribution in [0.2, 0.25) is 0 Å². The van der Waals surface area contributed by atoms with Crippen molar-refractivity contribution in [2.24, 2.45) is 0 Å². The molecular formula is C24H21N3OP+. The maximum Gasteiger partial charge on any atom is 0.192 e. The molecule has 29 heavy (non-hydrogen) atoms. The molecule has 0 spiro atoms. The van der Waals surface area contributed by atoms with Gasteiger partial charge in [0.05, 0.1) is 5.30 Å². The number of quaternary nitrogens is 1. The molecule has 4 rings (SSSR count). The Bertz CT molecular complexity index is 1220. The molecule has 0 heterocycles. The quantitative estimate of drug-likeness (QED) is 0.345. The van der Waals surface area contributed by atoms with Gasteiger partial charge in [-0.3, -0.25) is 4.57 Å². The van der Waals surface area contributed by atoms with Gasteiger partial charge in [-0.15, -0.1) is 0 Å². The van der Waals surface area contributed by atoms with Crippen LogP contribution in [0.15, 0.2) is 84.9 Å². The number of nitrogen functional groups attached to an aromatic ring is 2. The summed E-state index contributed by atoms with van der Waals surface area (Å²) in [6.07, 6.45) is 0. The van der Waals surface area contributed by atoms with Crippen molar-refractivity contribution in [3.63, 3.8) is 0 Å². The third-order valence-electron chi connectivity index (χ3n) is 4.87. The molecule has 0 aliphatic carbocycles. The van der Waals surface area contributed by atoms with Crippen LogP contribution < -0.4 is 22.5 Å². The van der Waals surface area contributed by atoms with Gasteiger partial charge in [-0.1, -0.05) is 42.5 Å². The maximum atomic E-state index is 12.1. The Balaban J connectivity index is 2.13. The third kappa shape index (κ3) is 3.77. The van der Waals surface area contributed by atoms with E-state index in [1.165, 1.54) is 0 Å². The highest BCUT2D eigenvalue weighted by molar-refractivity contribution is 7.34. The largest absolute Gasteiger partial charge is 0.399 e. The molecule has 0 unspecified atom stereocenters. The smallest absolute Gasteiger partial charge is 0.192 e. The molecule has 0 aliphatic rings. The molecule has 0 aromatic heterocycles. The zero-order chi connectivity index (χ0) is 20.4. The molecule has 0 saturated carbocycles. The molecule has 4 aromatic carbocycles. The number of hydrogen-bond acceptors (Lipinski definition) is 3. The molecule has 5 heteroatoms. The van der Waals surface area contributed by atoms with Crippen LogP contribution in [0.5, 0.6) is 0 Å². The molecule has 0 saturated heterocycles. The minimum Gasteiger partial charge on any atom is -0.399 e. The fourth-order valence-corrected chi connectivity index (χ4v) is 4.10. The van der Waals surface area contributed by atoms with E-state index in [0.717, 1.165) is 39.1 Å². The Hall–Kier alpha value is -3.46. The van der Waals surface area contributed by atoms with Gasteiger partial charge in [-0.2, -0.15) is 0 Å². The first kappa shape index (κ1) is 18.9. The van der Waals surface area contributed by atoms with E-state index in [4.69, 9.17) is 11.5 Å². The minimum absolute atomic E-state index is 0.0556. The van der Waals surface area contributed by atoms with Crippen LogP contribution >= 0.6 is 8.46 Å². The molecule has 0 radical (unpaired) electrons. The Morgan fingerprint density at radius 3 is 1.83 bits per heavy atom. The minimum atomic E-state index is -0.0556. The lowest BCUT2D eigenvalue weighted by Gasteiger charge is -2.18. The monoisotopic (exact) mass is 398 g/mol. The lowest BCUT2D eigenvalue weighted by atomic mass is 9.87. The Labute approximate surface area is 171 Å². The highest BCUT2D eigenvalue weighted by Crippen LogP contribution is 2.41. The van der Waals surface area contributed by atoms with E-state index < -0.39 is 0 Å². The second-order valence-corrected chi connectivity index (χ2v) is 7.59. The zero-order valence-electron chi connectivity index (χ0n) is 15.8. The molecule has 0 fully saturated rings. The number of hydrogen-bond donors (Lipinski definition) is 3. The Kier molecular flexibility index (Phi) is 5.13. The van der Waals surface area contributed by atoms with Gasteiger partial charge in [-0.05, 0) is 64.2 Å². The number of nitrogens with two attached hydrogens (primary N) is 2. The van der Waals surface area contributed by atoms with E-state index in [2.05, 4.69) is 11.8 Å². The first-order chi connectivity index (χ1) is 14.1. The summed E-state index contributed by atoms with van der Waals surface area (Å²) >= 11 is 0.